The van der Waals surface area contributed by atoms with Gasteiger partial charge in [0.1, 0.15) is 6.04 Å². The first-order valence-corrected chi connectivity index (χ1v) is 7.16. The van der Waals surface area contributed by atoms with Gasteiger partial charge in [-0.25, -0.2) is 9.69 Å². The summed E-state index contributed by atoms with van der Waals surface area (Å²) in [5, 5.41) is 0.903. The van der Waals surface area contributed by atoms with Gasteiger partial charge in [0.05, 0.1) is 11.7 Å². The highest BCUT2D eigenvalue weighted by molar-refractivity contribution is 6.25. The Morgan fingerprint density at radius 3 is 2.86 bits per heavy atom. The van der Waals surface area contributed by atoms with Crippen LogP contribution in [0.3, 0.4) is 0 Å². The third kappa shape index (κ3) is 1.22. The van der Waals surface area contributed by atoms with Crippen molar-refractivity contribution in [2.24, 2.45) is 5.92 Å². The molecule has 0 spiro atoms. The average molecular weight is 279 g/mol. The van der Waals surface area contributed by atoms with Crippen LogP contribution < -0.4 is 4.90 Å². The summed E-state index contributed by atoms with van der Waals surface area (Å²) >= 11 is 0. The summed E-state index contributed by atoms with van der Waals surface area (Å²) in [6.45, 7) is 0. The van der Waals surface area contributed by atoms with E-state index in [0.29, 0.717) is 5.69 Å². The van der Waals surface area contributed by atoms with Crippen LogP contribution in [0.15, 0.2) is 42.6 Å². The number of urea groups is 1. The number of H-pyrrole nitrogens is 1. The molecule has 5 heteroatoms. The Bertz CT molecular complexity index is 792. The monoisotopic (exact) mass is 279 g/mol. The van der Waals surface area contributed by atoms with Crippen LogP contribution in [0.25, 0.3) is 10.9 Å². The molecule has 5 nitrogen and oxygen atoms in total. The van der Waals surface area contributed by atoms with E-state index in [1.165, 1.54) is 4.90 Å². The van der Waals surface area contributed by atoms with Gasteiger partial charge in [-0.2, -0.15) is 0 Å². The van der Waals surface area contributed by atoms with E-state index in [2.05, 4.69) is 11.1 Å². The Kier molecular flexibility index (Phi) is 1.88. The van der Waals surface area contributed by atoms with Gasteiger partial charge < -0.3 is 9.88 Å². The number of rotatable bonds is 1. The Labute approximate surface area is 120 Å². The molecule has 1 aliphatic carbocycles. The number of carbonyl (C=O) groups excluding carboxylic acids is 2. The molecule has 1 aromatic carbocycles. The molecule has 2 aromatic rings. The smallest absolute Gasteiger partial charge is 0.332 e. The van der Waals surface area contributed by atoms with Gasteiger partial charge in [0, 0.05) is 23.0 Å². The third-order valence-electron chi connectivity index (χ3n) is 4.85. The molecule has 3 aliphatic rings. The second-order valence-corrected chi connectivity index (χ2v) is 5.88. The van der Waals surface area contributed by atoms with Crippen LogP contribution in [0, 0.1) is 5.92 Å². The average Bonchev–Trinajstić information content (AvgIpc) is 3.23. The number of hydrogen-bond acceptors (Lipinski definition) is 2. The highest BCUT2D eigenvalue weighted by atomic mass is 16.2. The zero-order chi connectivity index (χ0) is 14.1. The number of benzene rings is 1. The van der Waals surface area contributed by atoms with Crippen LogP contribution in [-0.2, 0) is 4.79 Å². The number of amides is 3. The fourth-order valence-corrected chi connectivity index (χ4v) is 3.93. The fourth-order valence-electron chi connectivity index (χ4n) is 3.93. The predicted octanol–water partition coefficient (Wildman–Crippen LogP) is 2.26. The quantitative estimate of drug-likeness (QED) is 0.643. The van der Waals surface area contributed by atoms with Gasteiger partial charge in [-0.3, -0.25) is 4.79 Å². The molecule has 0 saturated carbocycles. The number of carbonyl (C=O) groups is 2. The molecule has 1 aromatic heterocycles. The Hall–Kier alpha value is -2.56. The molecular formula is C16H13N3O2. The van der Waals surface area contributed by atoms with Crippen molar-refractivity contribution >= 4 is 28.5 Å². The van der Waals surface area contributed by atoms with Crippen LogP contribution in [0.1, 0.15) is 6.42 Å². The number of fused-ring (bicyclic) bond motifs is 6. The van der Waals surface area contributed by atoms with Crippen molar-refractivity contribution in [1.29, 1.82) is 0 Å². The minimum atomic E-state index is -0.304. The van der Waals surface area contributed by atoms with Gasteiger partial charge >= 0.3 is 6.03 Å². The lowest BCUT2D eigenvalue weighted by atomic mass is 10.0. The molecule has 21 heavy (non-hydrogen) atoms. The van der Waals surface area contributed by atoms with Crippen molar-refractivity contribution in [2.75, 3.05) is 4.90 Å². The Balaban J connectivity index is 1.65. The maximum atomic E-state index is 12.7. The van der Waals surface area contributed by atoms with Gasteiger partial charge in [0.15, 0.2) is 0 Å². The number of anilines is 1. The highest BCUT2D eigenvalue weighted by Gasteiger charge is 2.57. The summed E-state index contributed by atoms with van der Waals surface area (Å²) < 4.78 is 0. The molecule has 3 amide bonds. The SMILES string of the molecule is O=C1[C@@H]2[C@@H]3C=C[C@@H](C3)N2C(=O)N1c1c[nH]c2ccccc12. The molecule has 2 fully saturated rings. The second kappa shape index (κ2) is 3.55. The van der Waals surface area contributed by atoms with E-state index in [4.69, 9.17) is 0 Å². The molecular weight excluding hydrogens is 266 g/mol. The number of nitrogens with zero attached hydrogens (tertiary/aromatic N) is 2. The van der Waals surface area contributed by atoms with Crippen LogP contribution >= 0.6 is 0 Å². The van der Waals surface area contributed by atoms with Gasteiger partial charge in [-0.15, -0.1) is 0 Å². The first-order valence-electron chi connectivity index (χ1n) is 7.16. The lowest BCUT2D eigenvalue weighted by Crippen LogP contribution is -2.38. The van der Waals surface area contributed by atoms with E-state index in [1.807, 2.05) is 30.3 Å². The first-order chi connectivity index (χ1) is 10.3. The maximum absolute atomic E-state index is 12.7. The Morgan fingerprint density at radius 2 is 2.00 bits per heavy atom. The summed E-state index contributed by atoms with van der Waals surface area (Å²) in [6, 6.07) is 7.31. The number of aromatic nitrogens is 1. The highest BCUT2D eigenvalue weighted by Crippen LogP contribution is 2.44. The van der Waals surface area contributed by atoms with E-state index in [-0.39, 0.29) is 29.9 Å². The van der Waals surface area contributed by atoms with Crippen molar-refractivity contribution in [3.8, 4) is 0 Å². The van der Waals surface area contributed by atoms with Crippen molar-refractivity contribution in [3.63, 3.8) is 0 Å². The molecule has 5 rings (SSSR count). The van der Waals surface area contributed by atoms with Crippen LogP contribution in [0.4, 0.5) is 10.5 Å². The molecule has 3 atom stereocenters. The molecule has 0 unspecified atom stereocenters. The van der Waals surface area contributed by atoms with Gasteiger partial charge in [-0.05, 0) is 12.5 Å². The van der Waals surface area contributed by atoms with Crippen molar-refractivity contribution in [3.05, 3.63) is 42.6 Å². The molecule has 1 N–H and O–H groups in total. The van der Waals surface area contributed by atoms with Crippen LogP contribution in [-0.4, -0.2) is 33.9 Å². The van der Waals surface area contributed by atoms with Gasteiger partial charge in [0.2, 0.25) is 0 Å². The van der Waals surface area contributed by atoms with Gasteiger partial charge in [0.25, 0.3) is 5.91 Å². The minimum absolute atomic E-state index is 0.0895. The van der Waals surface area contributed by atoms with Gasteiger partial charge in [-0.1, -0.05) is 30.4 Å². The fraction of sp³-hybridized carbons (Fsp3) is 0.250. The Morgan fingerprint density at radius 1 is 1.14 bits per heavy atom. The van der Waals surface area contributed by atoms with Crippen LogP contribution in [0.2, 0.25) is 0 Å². The number of para-hydroxylation sites is 1. The molecule has 2 bridgehead atoms. The maximum Gasteiger partial charge on any atom is 0.332 e. The van der Waals surface area contributed by atoms with Crippen molar-refractivity contribution < 1.29 is 9.59 Å². The van der Waals surface area contributed by atoms with E-state index in [1.54, 1.807) is 11.1 Å². The zero-order valence-electron chi connectivity index (χ0n) is 11.2. The normalized spacial score (nSPS) is 30.0. The predicted molar refractivity (Wildman–Crippen MR) is 77.8 cm³/mol. The summed E-state index contributed by atoms with van der Waals surface area (Å²) in [5.74, 6) is 0.0864. The lowest BCUT2D eigenvalue weighted by molar-refractivity contribution is -0.119. The number of aromatic amines is 1. The third-order valence-corrected chi connectivity index (χ3v) is 4.85. The van der Waals surface area contributed by atoms with E-state index in [9.17, 15) is 9.59 Å². The summed E-state index contributed by atoms with van der Waals surface area (Å²) in [7, 11) is 0. The summed E-state index contributed by atoms with van der Waals surface area (Å²) in [4.78, 5) is 31.7. The molecule has 104 valence electrons. The first kappa shape index (κ1) is 11.1. The molecule has 0 radical (unpaired) electrons. The number of imide groups is 1. The van der Waals surface area contributed by atoms with E-state index < -0.39 is 0 Å². The molecule has 3 heterocycles. The lowest BCUT2D eigenvalue weighted by Gasteiger charge is -2.22. The summed E-state index contributed by atoms with van der Waals surface area (Å²) in [5.41, 5.74) is 1.59. The minimum Gasteiger partial charge on any atom is -0.359 e. The van der Waals surface area contributed by atoms with Crippen molar-refractivity contribution in [1.82, 2.24) is 9.88 Å². The molecule has 2 saturated heterocycles. The second-order valence-electron chi connectivity index (χ2n) is 5.88. The zero-order valence-corrected chi connectivity index (χ0v) is 11.2. The largest absolute Gasteiger partial charge is 0.359 e. The van der Waals surface area contributed by atoms with Crippen molar-refractivity contribution in [2.45, 2.75) is 18.5 Å². The van der Waals surface area contributed by atoms with E-state index >= 15 is 0 Å². The molecule has 2 aliphatic heterocycles. The number of nitrogens with one attached hydrogen (secondary N) is 1. The standard InChI is InChI=1S/C16H13N3O2/c20-15-14-9-5-6-10(7-9)18(14)16(21)19(15)13-8-17-12-4-2-1-3-11(12)13/h1-6,8-10,14,17H,7H2/t9-,10+,14+/m1/s1. The number of hydrogen-bond donors (Lipinski definition) is 1. The summed E-state index contributed by atoms with van der Waals surface area (Å²) in [6.07, 6.45) is 6.77. The topological polar surface area (TPSA) is 56.4 Å². The van der Waals surface area contributed by atoms with E-state index in [0.717, 1.165) is 17.3 Å². The van der Waals surface area contributed by atoms with Crippen LogP contribution in [0.5, 0.6) is 0 Å².